The lowest BCUT2D eigenvalue weighted by atomic mass is 9.72. The fourth-order valence-electron chi connectivity index (χ4n) is 4.81. The van der Waals surface area contributed by atoms with Gasteiger partial charge in [-0.05, 0) is 31.4 Å². The molecule has 1 aromatic rings. The van der Waals surface area contributed by atoms with E-state index < -0.39 is 0 Å². The number of piperidine rings is 1. The molecule has 4 atom stereocenters. The number of carbonyl (C=O) groups is 1. The maximum absolute atomic E-state index is 12.9. The first-order valence-corrected chi connectivity index (χ1v) is 8.04. The minimum absolute atomic E-state index is 0.0613. The van der Waals surface area contributed by atoms with Gasteiger partial charge in [0.15, 0.2) is 5.69 Å². The van der Waals surface area contributed by atoms with Gasteiger partial charge in [-0.1, -0.05) is 19.8 Å². The van der Waals surface area contributed by atoms with E-state index in [1.807, 2.05) is 0 Å². The number of fused-ring (bicyclic) bond motifs is 1. The highest BCUT2D eigenvalue weighted by molar-refractivity contribution is 5.93. The van der Waals surface area contributed by atoms with Gasteiger partial charge in [-0.3, -0.25) is 4.79 Å². The molecule has 112 valence electrons. The van der Waals surface area contributed by atoms with Crippen LogP contribution in [0.15, 0.2) is 18.3 Å². The smallest absolute Gasteiger partial charge is 0.274 e. The molecule has 1 aliphatic carbocycles. The highest BCUT2D eigenvalue weighted by atomic mass is 16.2. The highest BCUT2D eigenvalue weighted by Gasteiger charge is 2.57. The summed E-state index contributed by atoms with van der Waals surface area (Å²) in [6, 6.07) is 4.78. The molecule has 21 heavy (non-hydrogen) atoms. The summed E-state index contributed by atoms with van der Waals surface area (Å²) in [5.74, 6) is 0.0613. The van der Waals surface area contributed by atoms with Gasteiger partial charge in [-0.2, -0.15) is 5.10 Å². The van der Waals surface area contributed by atoms with Crippen LogP contribution in [0.1, 0.15) is 49.5 Å². The third kappa shape index (κ3) is 1.90. The van der Waals surface area contributed by atoms with Crippen LogP contribution in [0, 0.1) is 5.41 Å². The van der Waals surface area contributed by atoms with Gasteiger partial charge in [-0.15, -0.1) is 5.10 Å². The van der Waals surface area contributed by atoms with E-state index in [0.717, 1.165) is 19.4 Å². The van der Waals surface area contributed by atoms with Crippen LogP contribution in [0.25, 0.3) is 0 Å². The lowest BCUT2D eigenvalue weighted by Crippen LogP contribution is -2.51. The molecule has 2 aliphatic heterocycles. The molecule has 2 bridgehead atoms. The van der Waals surface area contributed by atoms with Gasteiger partial charge < -0.3 is 10.2 Å². The Hall–Kier alpha value is -1.49. The van der Waals surface area contributed by atoms with E-state index in [9.17, 15) is 4.79 Å². The maximum atomic E-state index is 12.9. The topological polar surface area (TPSA) is 58.1 Å². The Bertz CT molecular complexity index is 548. The van der Waals surface area contributed by atoms with Crippen molar-refractivity contribution in [3.63, 3.8) is 0 Å². The van der Waals surface area contributed by atoms with Gasteiger partial charge in [-0.25, -0.2) is 0 Å². The molecule has 1 N–H and O–H groups in total. The van der Waals surface area contributed by atoms with E-state index in [0.29, 0.717) is 23.8 Å². The number of carbonyl (C=O) groups excluding carboxylic acids is 1. The van der Waals surface area contributed by atoms with Crippen molar-refractivity contribution in [3.8, 4) is 0 Å². The molecule has 2 saturated heterocycles. The second kappa shape index (κ2) is 4.77. The molecule has 1 amide bonds. The molecule has 0 aromatic carbocycles. The molecule has 5 heteroatoms. The van der Waals surface area contributed by atoms with Crippen LogP contribution in [0.2, 0.25) is 0 Å². The number of aromatic nitrogens is 2. The predicted octanol–water partition coefficient (Wildman–Crippen LogP) is 1.61. The van der Waals surface area contributed by atoms with Crippen LogP contribution in [0.3, 0.4) is 0 Å². The SMILES string of the molecule is C[C@@]12C[C@H]3CN[C@@H]1CCCC[C@@H]2N3C(=O)c1cccnn1. The summed E-state index contributed by atoms with van der Waals surface area (Å²) >= 11 is 0. The third-order valence-electron chi connectivity index (χ3n) is 5.81. The predicted molar refractivity (Wildman–Crippen MR) is 78.8 cm³/mol. The van der Waals surface area contributed by atoms with Crippen molar-refractivity contribution in [2.75, 3.05) is 6.54 Å². The first-order valence-electron chi connectivity index (χ1n) is 8.04. The van der Waals surface area contributed by atoms with Crippen molar-refractivity contribution in [2.45, 2.75) is 57.2 Å². The van der Waals surface area contributed by atoms with Crippen molar-refractivity contribution in [1.29, 1.82) is 0 Å². The Kier molecular flexibility index (Phi) is 2.99. The van der Waals surface area contributed by atoms with E-state index >= 15 is 0 Å². The van der Waals surface area contributed by atoms with E-state index in [4.69, 9.17) is 0 Å². The molecule has 3 aliphatic rings. The minimum atomic E-state index is 0.0613. The average molecular weight is 286 g/mol. The van der Waals surface area contributed by atoms with Crippen LogP contribution >= 0.6 is 0 Å². The van der Waals surface area contributed by atoms with E-state index in [1.54, 1.807) is 18.3 Å². The summed E-state index contributed by atoms with van der Waals surface area (Å²) in [6.07, 6.45) is 7.59. The van der Waals surface area contributed by atoms with Crippen LogP contribution < -0.4 is 5.32 Å². The van der Waals surface area contributed by atoms with Gasteiger partial charge in [0, 0.05) is 36.3 Å². The molecule has 3 heterocycles. The molecular weight excluding hydrogens is 264 g/mol. The Morgan fingerprint density at radius 1 is 1.43 bits per heavy atom. The summed E-state index contributed by atoms with van der Waals surface area (Å²) in [5, 5.41) is 11.6. The Morgan fingerprint density at radius 2 is 2.29 bits per heavy atom. The van der Waals surface area contributed by atoms with Crippen LogP contribution in [0.5, 0.6) is 0 Å². The number of hydrogen-bond donors (Lipinski definition) is 1. The van der Waals surface area contributed by atoms with Crippen LogP contribution in [-0.2, 0) is 0 Å². The zero-order valence-electron chi connectivity index (χ0n) is 12.5. The second-order valence-corrected chi connectivity index (χ2v) is 6.95. The zero-order chi connectivity index (χ0) is 14.4. The van der Waals surface area contributed by atoms with Crippen molar-refractivity contribution < 1.29 is 4.79 Å². The molecular formula is C16H22N4O. The van der Waals surface area contributed by atoms with Crippen molar-refractivity contribution in [1.82, 2.24) is 20.4 Å². The normalized spacial score (nSPS) is 38.1. The fourth-order valence-corrected chi connectivity index (χ4v) is 4.81. The Morgan fingerprint density at radius 3 is 3.10 bits per heavy atom. The first kappa shape index (κ1) is 13.2. The summed E-state index contributed by atoms with van der Waals surface area (Å²) in [7, 11) is 0. The second-order valence-electron chi connectivity index (χ2n) is 6.95. The zero-order valence-corrected chi connectivity index (χ0v) is 12.5. The lowest BCUT2D eigenvalue weighted by Gasteiger charge is -2.39. The molecule has 0 unspecified atom stereocenters. The molecule has 0 radical (unpaired) electrons. The van der Waals surface area contributed by atoms with Crippen molar-refractivity contribution in [2.24, 2.45) is 5.41 Å². The highest BCUT2D eigenvalue weighted by Crippen LogP contribution is 2.50. The first-order chi connectivity index (χ1) is 10.2. The molecule has 1 aromatic heterocycles. The summed E-state index contributed by atoms with van der Waals surface area (Å²) in [6.45, 7) is 3.29. The molecule has 4 rings (SSSR count). The minimum Gasteiger partial charge on any atom is -0.329 e. The van der Waals surface area contributed by atoms with Gasteiger partial charge in [0.05, 0.1) is 0 Å². The Balaban J connectivity index is 1.71. The maximum Gasteiger partial charge on any atom is 0.274 e. The summed E-state index contributed by atoms with van der Waals surface area (Å²) < 4.78 is 0. The standard InChI is InChI=1S/C16H22N4O/c1-16-9-11-10-17-13(16)6-2-3-7-14(16)20(11)15(21)12-5-4-8-18-19-12/h4-5,8,11,13-14,17H,2-3,6-7,9-10H2,1H3/t11-,13+,14-,16+/m0/s1. The number of amides is 1. The number of rotatable bonds is 1. The monoisotopic (exact) mass is 286 g/mol. The van der Waals surface area contributed by atoms with Gasteiger partial charge in [0.25, 0.3) is 5.91 Å². The number of likely N-dealkylation sites (tertiary alicyclic amines) is 1. The van der Waals surface area contributed by atoms with Crippen molar-refractivity contribution >= 4 is 5.91 Å². The van der Waals surface area contributed by atoms with Gasteiger partial charge in [0.1, 0.15) is 0 Å². The van der Waals surface area contributed by atoms with E-state index in [-0.39, 0.29) is 11.3 Å². The molecule has 3 fully saturated rings. The largest absolute Gasteiger partial charge is 0.329 e. The molecule has 1 saturated carbocycles. The van der Waals surface area contributed by atoms with E-state index in [2.05, 4.69) is 27.3 Å². The number of nitrogens with one attached hydrogen (secondary N) is 1. The van der Waals surface area contributed by atoms with Gasteiger partial charge >= 0.3 is 0 Å². The molecule has 5 nitrogen and oxygen atoms in total. The lowest BCUT2D eigenvalue weighted by molar-refractivity contribution is 0.0621. The Labute approximate surface area is 125 Å². The third-order valence-corrected chi connectivity index (χ3v) is 5.81. The van der Waals surface area contributed by atoms with Gasteiger partial charge in [0.2, 0.25) is 0 Å². The summed E-state index contributed by atoms with van der Waals surface area (Å²) in [4.78, 5) is 15.1. The average Bonchev–Trinajstić information content (AvgIpc) is 2.63. The quantitative estimate of drug-likeness (QED) is 0.852. The molecule has 0 spiro atoms. The van der Waals surface area contributed by atoms with E-state index in [1.165, 1.54) is 19.3 Å². The summed E-state index contributed by atoms with van der Waals surface area (Å²) in [5.41, 5.74) is 0.700. The van der Waals surface area contributed by atoms with Crippen LogP contribution in [0.4, 0.5) is 0 Å². The fraction of sp³-hybridized carbons (Fsp3) is 0.688. The number of hydrogen-bond acceptors (Lipinski definition) is 4. The van der Waals surface area contributed by atoms with Crippen LogP contribution in [-0.4, -0.2) is 45.7 Å². The van der Waals surface area contributed by atoms with Crippen molar-refractivity contribution in [3.05, 3.63) is 24.0 Å². The number of nitrogens with zero attached hydrogens (tertiary/aromatic N) is 3.